The van der Waals surface area contributed by atoms with Crippen LogP contribution < -0.4 is 33.2 Å². The number of phosphoric ester groups is 1. The Morgan fingerprint density at radius 1 is 0.559 bits per heavy atom. The van der Waals surface area contributed by atoms with E-state index in [-0.39, 0.29) is 18.6 Å². The standard InChI is InChI=1S/C12H10O2.C11H12N2O2.C9H12NO6P.C9H11NO2.C6H14N2O2/c13-12(14)8-9-5-6-10-3-1-2-4-11(10)7-9;12-9(11(14)15)5-7-6-13-10-4-2-1-3-8(7)10;10-8(9(11)12)5-6-1-3-7(4-2-6)16-17(13,14)15;10-8(9(11)12)6-7-4-2-1-3-5-7;7-4-2-1-3-5(8)6(9)10/h1-7H,8H2,(H,13,14);1-4,6,9,13H,5,12H2,(H,14,15);1-4,8H,5,10H2,(H,11,12)(H2,13,14,15);1-5,8H,6,10H2,(H,11,12);5H,1-4,7-8H2,(H,9,10). The highest BCUT2D eigenvalue weighted by Crippen LogP contribution is 2.37. The number of para-hydroxylation sites is 1. The van der Waals surface area contributed by atoms with Crippen LogP contribution in [0.3, 0.4) is 0 Å². The molecule has 68 heavy (non-hydrogen) atoms. The molecule has 20 nitrogen and oxygen atoms in total. The van der Waals surface area contributed by atoms with E-state index in [0.717, 1.165) is 51.2 Å². The number of carbonyl (C=O) groups is 5. The molecule has 5 aromatic carbocycles. The van der Waals surface area contributed by atoms with Crippen molar-refractivity contribution in [2.24, 2.45) is 28.7 Å². The van der Waals surface area contributed by atoms with Gasteiger partial charge in [-0.3, -0.25) is 33.8 Å². The van der Waals surface area contributed by atoms with Gasteiger partial charge in [-0.2, -0.15) is 0 Å². The van der Waals surface area contributed by atoms with Crippen LogP contribution in [-0.4, -0.2) is 101 Å². The second-order valence-electron chi connectivity index (χ2n) is 15.0. The molecule has 18 N–H and O–H groups in total. The van der Waals surface area contributed by atoms with Crippen LogP contribution in [0.15, 0.2) is 128 Å². The van der Waals surface area contributed by atoms with Crippen LogP contribution >= 0.6 is 7.82 Å². The summed E-state index contributed by atoms with van der Waals surface area (Å²) in [5.41, 5.74) is 31.0. The first kappa shape index (κ1) is 57.1. The molecule has 0 bridgehead atoms. The van der Waals surface area contributed by atoms with Crippen molar-refractivity contribution in [1.29, 1.82) is 0 Å². The van der Waals surface area contributed by atoms with E-state index in [1.54, 1.807) is 0 Å². The maximum atomic E-state index is 10.6. The summed E-state index contributed by atoms with van der Waals surface area (Å²) in [6.45, 7) is 0.604. The first-order chi connectivity index (χ1) is 32.1. The molecular formula is C47H59N6O14P. The minimum Gasteiger partial charge on any atom is -0.481 e. The van der Waals surface area contributed by atoms with Crippen molar-refractivity contribution in [2.75, 3.05) is 6.54 Å². The molecular weight excluding hydrogens is 904 g/mol. The van der Waals surface area contributed by atoms with Crippen LogP contribution in [0.4, 0.5) is 0 Å². The van der Waals surface area contributed by atoms with Crippen molar-refractivity contribution < 1.29 is 68.4 Å². The van der Waals surface area contributed by atoms with Gasteiger partial charge in [-0.25, -0.2) is 4.57 Å². The van der Waals surface area contributed by atoms with Gasteiger partial charge >= 0.3 is 37.7 Å². The van der Waals surface area contributed by atoms with Crippen LogP contribution in [0.5, 0.6) is 5.75 Å². The van der Waals surface area contributed by atoms with Gasteiger partial charge in [0, 0.05) is 23.5 Å². The number of nitrogens with two attached hydrogens (primary N) is 5. The van der Waals surface area contributed by atoms with Crippen molar-refractivity contribution in [3.63, 3.8) is 0 Å². The van der Waals surface area contributed by atoms with E-state index in [1.165, 1.54) is 24.3 Å². The number of nitrogens with one attached hydrogen (secondary N) is 1. The number of rotatable bonds is 18. The highest BCUT2D eigenvalue weighted by molar-refractivity contribution is 7.46. The van der Waals surface area contributed by atoms with Gasteiger partial charge < -0.3 is 63.7 Å². The molecule has 0 amide bonds. The predicted octanol–water partition coefficient (Wildman–Crippen LogP) is 3.87. The zero-order valence-corrected chi connectivity index (χ0v) is 37.8. The molecule has 366 valence electrons. The summed E-state index contributed by atoms with van der Waals surface area (Å²) >= 11 is 0. The highest BCUT2D eigenvalue weighted by Gasteiger charge is 2.17. The molecule has 0 aliphatic rings. The summed E-state index contributed by atoms with van der Waals surface area (Å²) in [7, 11) is -4.56. The molecule has 0 saturated heterocycles. The molecule has 21 heteroatoms. The number of fused-ring (bicyclic) bond motifs is 2. The minimum atomic E-state index is -4.56. The number of hydrogen-bond acceptors (Lipinski definition) is 12. The third-order valence-electron chi connectivity index (χ3n) is 9.42. The Kier molecular flexibility index (Phi) is 24.9. The van der Waals surface area contributed by atoms with Crippen LogP contribution in [-0.2, 0) is 54.2 Å². The zero-order valence-electron chi connectivity index (χ0n) is 36.9. The third kappa shape index (κ3) is 22.9. The smallest absolute Gasteiger partial charge is 0.481 e. The van der Waals surface area contributed by atoms with E-state index in [4.69, 9.17) is 64.0 Å². The van der Waals surface area contributed by atoms with Crippen LogP contribution in [0.1, 0.15) is 41.5 Å². The van der Waals surface area contributed by atoms with Gasteiger partial charge in [-0.05, 0) is 83.5 Å². The molecule has 0 aliphatic carbocycles. The summed E-state index contributed by atoms with van der Waals surface area (Å²) in [5.74, 6) is -4.76. The minimum absolute atomic E-state index is 0.00554. The lowest BCUT2D eigenvalue weighted by atomic mass is 10.1. The number of aromatic nitrogens is 1. The van der Waals surface area contributed by atoms with Gasteiger partial charge in [0.15, 0.2) is 0 Å². The Bertz CT molecular complexity index is 2550. The molecule has 0 radical (unpaired) electrons. The summed E-state index contributed by atoms with van der Waals surface area (Å²) in [4.78, 5) is 72.3. The molecule has 4 unspecified atom stereocenters. The average Bonchev–Trinajstić information content (AvgIpc) is 3.69. The largest absolute Gasteiger partial charge is 0.524 e. The molecule has 1 aromatic heterocycles. The Labute approximate surface area is 391 Å². The maximum absolute atomic E-state index is 10.6. The number of aliphatic carboxylic acids is 5. The van der Waals surface area contributed by atoms with Gasteiger partial charge in [-0.1, -0.05) is 110 Å². The highest BCUT2D eigenvalue weighted by atomic mass is 31.2. The number of aromatic amines is 1. The number of phosphoric acid groups is 1. The molecule has 4 atom stereocenters. The fourth-order valence-electron chi connectivity index (χ4n) is 5.90. The van der Waals surface area contributed by atoms with Crippen molar-refractivity contribution in [3.8, 4) is 5.75 Å². The Balaban J connectivity index is 0.000000295. The number of unbranched alkanes of at least 4 members (excludes halogenated alkanes) is 1. The quantitative estimate of drug-likeness (QED) is 0.0429. The number of hydrogen-bond donors (Lipinski definition) is 13. The molecule has 0 saturated carbocycles. The van der Waals surface area contributed by atoms with Crippen LogP contribution in [0.25, 0.3) is 21.7 Å². The SMILES string of the molecule is NC(Cc1c[nH]c2ccccc12)C(=O)O.NC(Cc1ccc(OP(=O)(O)O)cc1)C(=O)O.NC(Cc1ccccc1)C(=O)O.NCCCCC(N)C(=O)O.O=C(O)Cc1ccc2ccccc2c1. The summed E-state index contributed by atoms with van der Waals surface area (Å²) < 4.78 is 14.9. The fraction of sp³-hybridized carbons (Fsp3) is 0.255. The fourth-order valence-corrected chi connectivity index (χ4v) is 6.30. The second-order valence-corrected chi connectivity index (χ2v) is 16.2. The first-order valence-electron chi connectivity index (χ1n) is 20.9. The third-order valence-corrected chi connectivity index (χ3v) is 9.87. The van der Waals surface area contributed by atoms with Gasteiger partial charge in [0.2, 0.25) is 0 Å². The molecule has 6 rings (SSSR count). The normalized spacial score (nSPS) is 12.3. The summed E-state index contributed by atoms with van der Waals surface area (Å²) in [6.07, 6.45) is 4.93. The monoisotopic (exact) mass is 962 g/mol. The Morgan fingerprint density at radius 2 is 1.04 bits per heavy atom. The summed E-state index contributed by atoms with van der Waals surface area (Å²) in [5, 5.41) is 46.1. The van der Waals surface area contributed by atoms with Crippen molar-refractivity contribution in [1.82, 2.24) is 4.98 Å². The van der Waals surface area contributed by atoms with E-state index in [9.17, 15) is 28.5 Å². The number of carboxylic acids is 5. The van der Waals surface area contributed by atoms with Gasteiger partial charge in [0.05, 0.1) is 6.42 Å². The molecule has 0 fully saturated rings. The van der Waals surface area contributed by atoms with E-state index >= 15 is 0 Å². The van der Waals surface area contributed by atoms with Crippen molar-refractivity contribution in [3.05, 3.63) is 150 Å². The first-order valence-corrected chi connectivity index (χ1v) is 22.4. The lowest BCUT2D eigenvalue weighted by molar-refractivity contribution is -0.139. The molecule has 6 aromatic rings. The number of benzene rings is 5. The van der Waals surface area contributed by atoms with Crippen molar-refractivity contribution in [2.45, 2.75) is 69.1 Å². The van der Waals surface area contributed by atoms with E-state index < -0.39 is 61.8 Å². The second kappa shape index (κ2) is 29.6. The van der Waals surface area contributed by atoms with E-state index in [0.29, 0.717) is 31.4 Å². The maximum Gasteiger partial charge on any atom is 0.524 e. The number of carboxylic acid groups (broad SMARTS) is 5. The van der Waals surface area contributed by atoms with Gasteiger partial charge in [0.1, 0.15) is 29.9 Å². The van der Waals surface area contributed by atoms with Gasteiger partial charge in [0.25, 0.3) is 0 Å². The van der Waals surface area contributed by atoms with Crippen molar-refractivity contribution >= 4 is 59.3 Å². The average molecular weight is 963 g/mol. The number of H-pyrrole nitrogens is 1. The van der Waals surface area contributed by atoms with Crippen LogP contribution in [0, 0.1) is 0 Å². The Hall–Kier alpha value is -7.00. The molecule has 0 aliphatic heterocycles. The molecule has 0 spiro atoms. The van der Waals surface area contributed by atoms with Crippen LogP contribution in [0.2, 0.25) is 0 Å². The lowest BCUT2D eigenvalue weighted by Gasteiger charge is -2.09. The summed E-state index contributed by atoms with van der Waals surface area (Å²) in [6, 6.07) is 33.0. The lowest BCUT2D eigenvalue weighted by Crippen LogP contribution is -2.32. The van der Waals surface area contributed by atoms with Gasteiger partial charge in [-0.15, -0.1) is 0 Å². The zero-order chi connectivity index (χ0) is 50.8. The molecule has 1 heterocycles. The Morgan fingerprint density at radius 3 is 1.57 bits per heavy atom. The van der Waals surface area contributed by atoms with E-state index in [2.05, 4.69) is 9.51 Å². The van der Waals surface area contributed by atoms with E-state index in [1.807, 2.05) is 103 Å². The topological polar surface area (TPSA) is 399 Å². The predicted molar refractivity (Wildman–Crippen MR) is 256 cm³/mol.